The van der Waals surface area contributed by atoms with E-state index in [0.717, 1.165) is 18.4 Å². The van der Waals surface area contributed by atoms with E-state index in [2.05, 4.69) is 71.6 Å². The zero-order valence-electron chi connectivity index (χ0n) is 18.0. The lowest BCUT2D eigenvalue weighted by molar-refractivity contribution is -0.133. The normalized spacial score (nSPS) is 16.2. The van der Waals surface area contributed by atoms with Crippen LogP contribution in [-0.4, -0.2) is 33.9 Å². The molecule has 148 valence electrons. The van der Waals surface area contributed by atoms with E-state index in [1.807, 2.05) is 13.0 Å². The van der Waals surface area contributed by atoms with Crippen molar-refractivity contribution in [2.45, 2.75) is 77.3 Å². The quantitative estimate of drug-likeness (QED) is 0.285. The molecule has 0 fully saturated rings. The summed E-state index contributed by atoms with van der Waals surface area (Å²) in [6, 6.07) is 10.5. The van der Waals surface area contributed by atoms with Crippen LogP contribution in [0.5, 0.6) is 0 Å². The van der Waals surface area contributed by atoms with E-state index in [1.54, 1.807) is 7.11 Å². The summed E-state index contributed by atoms with van der Waals surface area (Å²) >= 11 is 0. The van der Waals surface area contributed by atoms with Crippen molar-refractivity contribution in [3.63, 3.8) is 0 Å². The van der Waals surface area contributed by atoms with Crippen LogP contribution in [0.2, 0.25) is 18.1 Å². The Balaban J connectivity index is 3.08. The van der Waals surface area contributed by atoms with Crippen LogP contribution in [0.25, 0.3) is 0 Å². The fraction of sp³-hybridized carbons (Fsp3) is 0.636. The summed E-state index contributed by atoms with van der Waals surface area (Å²) in [5.74, 6) is 0. The van der Waals surface area contributed by atoms with Gasteiger partial charge in [0.05, 0.1) is 6.10 Å². The van der Waals surface area contributed by atoms with E-state index in [9.17, 15) is 0 Å². The van der Waals surface area contributed by atoms with Crippen LogP contribution in [0.1, 0.15) is 46.6 Å². The first-order chi connectivity index (χ1) is 11.9. The van der Waals surface area contributed by atoms with Crippen LogP contribution in [0.3, 0.4) is 0 Å². The molecule has 0 aliphatic rings. The van der Waals surface area contributed by atoms with Crippen molar-refractivity contribution in [1.29, 1.82) is 0 Å². The molecule has 2 atom stereocenters. The van der Waals surface area contributed by atoms with Crippen molar-refractivity contribution < 1.29 is 13.9 Å². The van der Waals surface area contributed by atoms with Gasteiger partial charge in [0.25, 0.3) is 0 Å². The zero-order chi connectivity index (χ0) is 20.0. The van der Waals surface area contributed by atoms with Crippen molar-refractivity contribution in [3.8, 4) is 0 Å². The maximum Gasteiger partial charge on any atom is 0.193 e. The molecular weight excluding hydrogens is 340 g/mol. The van der Waals surface area contributed by atoms with Gasteiger partial charge >= 0.3 is 0 Å². The molecule has 1 aromatic carbocycles. The van der Waals surface area contributed by atoms with Crippen LogP contribution >= 0.6 is 0 Å². The molecule has 4 heteroatoms. The summed E-state index contributed by atoms with van der Waals surface area (Å²) in [6.45, 7) is 20.0. The summed E-state index contributed by atoms with van der Waals surface area (Å²) in [5.41, 5.74) is 1.75. The number of ether oxygens (including phenoxy) is 2. The molecule has 2 unspecified atom stereocenters. The standard InChI is InChI=1S/C22H38O3Si/c1-18(2)22(6,25-26(8,9)21(3,4)5)20(24-17-23-7)16-15-19-13-11-10-12-14-19/h10-14,20H,1,15-17H2,2-9H3. The monoisotopic (exact) mass is 378 g/mol. The minimum atomic E-state index is -2.00. The average Bonchev–Trinajstić information content (AvgIpc) is 2.54. The molecule has 0 saturated heterocycles. The molecule has 1 rings (SSSR count). The first kappa shape index (κ1) is 23.1. The number of hydrogen-bond acceptors (Lipinski definition) is 3. The van der Waals surface area contributed by atoms with Gasteiger partial charge in [0.2, 0.25) is 0 Å². The molecule has 0 aliphatic carbocycles. The predicted octanol–water partition coefficient (Wildman–Crippen LogP) is 5.96. The lowest BCUT2D eigenvalue weighted by Crippen LogP contribution is -2.55. The summed E-state index contributed by atoms with van der Waals surface area (Å²) < 4.78 is 18.2. The molecule has 0 bridgehead atoms. The first-order valence-corrected chi connectivity index (χ1v) is 12.4. The Bertz CT molecular complexity index is 563. The summed E-state index contributed by atoms with van der Waals surface area (Å²) in [5, 5.41) is 0.120. The number of methoxy groups -OCH3 is 1. The first-order valence-electron chi connectivity index (χ1n) is 9.44. The van der Waals surface area contributed by atoms with Crippen LogP contribution in [0, 0.1) is 0 Å². The number of rotatable bonds is 10. The van der Waals surface area contributed by atoms with Crippen LogP contribution in [-0.2, 0) is 20.3 Å². The van der Waals surface area contributed by atoms with E-state index in [-0.39, 0.29) is 17.9 Å². The lowest BCUT2D eigenvalue weighted by atomic mass is 9.88. The Labute approximate surface area is 161 Å². The molecular formula is C22H38O3Si. The Kier molecular flexibility index (Phi) is 8.27. The highest BCUT2D eigenvalue weighted by Crippen LogP contribution is 2.42. The van der Waals surface area contributed by atoms with E-state index in [4.69, 9.17) is 13.9 Å². The highest BCUT2D eigenvalue weighted by molar-refractivity contribution is 6.74. The van der Waals surface area contributed by atoms with Crippen molar-refractivity contribution in [2.75, 3.05) is 13.9 Å². The molecule has 0 amide bonds. The molecule has 3 nitrogen and oxygen atoms in total. The van der Waals surface area contributed by atoms with Crippen molar-refractivity contribution in [1.82, 2.24) is 0 Å². The molecule has 26 heavy (non-hydrogen) atoms. The summed E-state index contributed by atoms with van der Waals surface area (Å²) in [6.07, 6.45) is 1.67. The molecule has 0 aliphatic heterocycles. The molecule has 0 spiro atoms. The van der Waals surface area contributed by atoms with E-state index in [0.29, 0.717) is 0 Å². The fourth-order valence-corrected chi connectivity index (χ4v) is 4.39. The molecule has 0 radical (unpaired) electrons. The van der Waals surface area contributed by atoms with Gasteiger partial charge in [-0.1, -0.05) is 57.7 Å². The highest BCUT2D eigenvalue weighted by atomic mass is 28.4. The Morgan fingerprint density at radius 2 is 1.69 bits per heavy atom. The molecule has 0 heterocycles. The Morgan fingerprint density at radius 3 is 2.15 bits per heavy atom. The summed E-state index contributed by atoms with van der Waals surface area (Å²) in [4.78, 5) is 0. The number of benzene rings is 1. The average molecular weight is 379 g/mol. The maximum atomic E-state index is 6.86. The third-order valence-electron chi connectivity index (χ3n) is 5.66. The van der Waals surface area contributed by atoms with E-state index < -0.39 is 13.9 Å². The Hall–Kier alpha value is -0.943. The second kappa shape index (κ2) is 9.31. The van der Waals surface area contributed by atoms with Gasteiger partial charge in [0, 0.05) is 7.11 Å². The van der Waals surface area contributed by atoms with Gasteiger partial charge in [-0.15, -0.1) is 0 Å². The minimum Gasteiger partial charge on any atom is -0.405 e. The van der Waals surface area contributed by atoms with Crippen LogP contribution in [0.4, 0.5) is 0 Å². The van der Waals surface area contributed by atoms with Gasteiger partial charge < -0.3 is 13.9 Å². The third kappa shape index (κ3) is 6.05. The highest BCUT2D eigenvalue weighted by Gasteiger charge is 2.47. The van der Waals surface area contributed by atoms with Gasteiger partial charge in [-0.05, 0) is 56.0 Å². The van der Waals surface area contributed by atoms with E-state index in [1.165, 1.54) is 5.56 Å². The second-order valence-electron chi connectivity index (χ2n) is 8.84. The second-order valence-corrected chi connectivity index (χ2v) is 13.6. The Morgan fingerprint density at radius 1 is 1.12 bits per heavy atom. The van der Waals surface area contributed by atoms with E-state index >= 15 is 0 Å². The van der Waals surface area contributed by atoms with Crippen LogP contribution < -0.4 is 0 Å². The van der Waals surface area contributed by atoms with Crippen molar-refractivity contribution in [3.05, 3.63) is 48.0 Å². The van der Waals surface area contributed by atoms with Gasteiger partial charge in [-0.2, -0.15) is 0 Å². The largest absolute Gasteiger partial charge is 0.405 e. The fourth-order valence-electron chi connectivity index (χ4n) is 2.72. The number of aryl methyl sites for hydroxylation is 1. The third-order valence-corrected chi connectivity index (χ3v) is 10.2. The zero-order valence-corrected chi connectivity index (χ0v) is 19.0. The summed E-state index contributed by atoms with van der Waals surface area (Å²) in [7, 11) is -0.341. The maximum absolute atomic E-state index is 6.86. The van der Waals surface area contributed by atoms with Crippen molar-refractivity contribution in [2.24, 2.45) is 0 Å². The van der Waals surface area contributed by atoms with Crippen molar-refractivity contribution >= 4 is 8.32 Å². The predicted molar refractivity (Wildman–Crippen MR) is 113 cm³/mol. The molecule has 0 N–H and O–H groups in total. The lowest BCUT2D eigenvalue weighted by Gasteiger charge is -2.47. The molecule has 0 aromatic heterocycles. The topological polar surface area (TPSA) is 27.7 Å². The van der Waals surface area contributed by atoms with Gasteiger partial charge in [-0.3, -0.25) is 0 Å². The smallest absolute Gasteiger partial charge is 0.193 e. The minimum absolute atomic E-state index is 0.116. The molecule has 1 aromatic rings. The SMILES string of the molecule is C=C(C)C(C)(O[Si](C)(C)C(C)(C)C)C(CCc1ccccc1)OCOC. The van der Waals surface area contributed by atoms with Crippen LogP contribution in [0.15, 0.2) is 42.5 Å². The molecule has 0 saturated carbocycles. The van der Waals surface area contributed by atoms with Gasteiger partial charge in [0.1, 0.15) is 12.4 Å². The van der Waals surface area contributed by atoms with Gasteiger partial charge in [-0.25, -0.2) is 0 Å². The number of hydrogen-bond donors (Lipinski definition) is 0. The van der Waals surface area contributed by atoms with Gasteiger partial charge in [0.15, 0.2) is 8.32 Å².